The highest BCUT2D eigenvalue weighted by molar-refractivity contribution is 6.08. The van der Waals surface area contributed by atoms with Crippen molar-refractivity contribution in [3.63, 3.8) is 0 Å². The van der Waals surface area contributed by atoms with Crippen molar-refractivity contribution < 1.29 is 9.59 Å². The average molecular weight is 425 g/mol. The minimum atomic E-state index is -0.959. The molecule has 3 aromatic carbocycles. The molecule has 0 radical (unpaired) electrons. The fourth-order valence-electron chi connectivity index (χ4n) is 3.87. The monoisotopic (exact) mass is 425 g/mol. The molecule has 5 rings (SSSR count). The summed E-state index contributed by atoms with van der Waals surface area (Å²) in [6.45, 7) is 0. The van der Waals surface area contributed by atoms with Gasteiger partial charge in [0.1, 0.15) is 5.82 Å². The fraction of sp³-hybridized carbons (Fsp3) is 0.0833. The molecule has 0 spiro atoms. The van der Waals surface area contributed by atoms with Crippen molar-refractivity contribution in [2.24, 2.45) is 0 Å². The summed E-state index contributed by atoms with van der Waals surface area (Å²) in [6, 6.07) is 22.4. The summed E-state index contributed by atoms with van der Waals surface area (Å²) in [7, 11) is 0. The zero-order valence-electron chi connectivity index (χ0n) is 16.9. The second kappa shape index (κ2) is 7.99. The Bertz CT molecular complexity index is 1390. The van der Waals surface area contributed by atoms with Crippen LogP contribution in [0.4, 0.5) is 23.1 Å². The normalized spacial score (nSPS) is 15.0. The van der Waals surface area contributed by atoms with E-state index in [2.05, 4.69) is 25.9 Å². The summed E-state index contributed by atoms with van der Waals surface area (Å²) in [6.07, 6.45) is -0.139. The predicted molar refractivity (Wildman–Crippen MR) is 123 cm³/mol. The number of aromatic amines is 1. The van der Waals surface area contributed by atoms with Crippen LogP contribution < -0.4 is 21.5 Å². The highest BCUT2D eigenvalue weighted by Crippen LogP contribution is 2.31. The molecule has 0 saturated heterocycles. The molecular formula is C24H19N5O3. The number of anilines is 4. The Morgan fingerprint density at radius 2 is 1.69 bits per heavy atom. The molecule has 0 bridgehead atoms. The number of nitrogens with zero attached hydrogens (tertiary/aromatic N) is 1. The van der Waals surface area contributed by atoms with E-state index in [1.165, 1.54) is 0 Å². The molecule has 8 heteroatoms. The zero-order valence-corrected chi connectivity index (χ0v) is 16.9. The van der Waals surface area contributed by atoms with Crippen molar-refractivity contribution in [1.82, 2.24) is 9.97 Å². The van der Waals surface area contributed by atoms with Gasteiger partial charge < -0.3 is 16.0 Å². The van der Waals surface area contributed by atoms with Crippen LogP contribution in [0.15, 0.2) is 77.6 Å². The van der Waals surface area contributed by atoms with E-state index in [4.69, 9.17) is 0 Å². The second-order valence-corrected chi connectivity index (χ2v) is 7.49. The Morgan fingerprint density at radius 3 is 2.53 bits per heavy atom. The van der Waals surface area contributed by atoms with E-state index in [9.17, 15) is 14.4 Å². The zero-order chi connectivity index (χ0) is 22.1. The standard InChI is InChI=1S/C24H19N5O3/c30-19-13-17(22(31)26-18-12-6-8-14-7-4-5-11-16(14)18)20-21(27-19)28-24(29-23(20)32)25-15-9-2-1-3-10-15/h1-12,17H,13H2,(H,26,31)(H3,25,27,28,29,30,32). The van der Waals surface area contributed by atoms with E-state index in [1.807, 2.05) is 66.7 Å². The van der Waals surface area contributed by atoms with E-state index in [0.717, 1.165) is 16.5 Å². The summed E-state index contributed by atoms with van der Waals surface area (Å²) in [5.41, 5.74) is 1.00. The van der Waals surface area contributed by atoms with Crippen LogP contribution in [0.5, 0.6) is 0 Å². The molecule has 158 valence electrons. The predicted octanol–water partition coefficient (Wildman–Crippen LogP) is 3.73. The number of carbonyl (C=O) groups is 2. The van der Waals surface area contributed by atoms with Gasteiger partial charge in [-0.15, -0.1) is 0 Å². The van der Waals surface area contributed by atoms with Gasteiger partial charge in [0, 0.05) is 23.2 Å². The molecule has 1 aliphatic heterocycles. The molecule has 2 heterocycles. The maximum Gasteiger partial charge on any atom is 0.258 e. The average Bonchev–Trinajstić information content (AvgIpc) is 2.79. The largest absolute Gasteiger partial charge is 0.326 e. The number of carbonyl (C=O) groups excluding carboxylic acids is 2. The summed E-state index contributed by atoms with van der Waals surface area (Å²) in [5.74, 6) is -1.51. The summed E-state index contributed by atoms with van der Waals surface area (Å²) >= 11 is 0. The molecule has 1 atom stereocenters. The van der Waals surface area contributed by atoms with Gasteiger partial charge in [0.25, 0.3) is 5.56 Å². The Labute approximate surface area is 182 Å². The van der Waals surface area contributed by atoms with Gasteiger partial charge >= 0.3 is 0 Å². The topological polar surface area (TPSA) is 116 Å². The number of hydrogen-bond donors (Lipinski definition) is 4. The number of H-pyrrole nitrogens is 1. The molecule has 32 heavy (non-hydrogen) atoms. The first-order valence-electron chi connectivity index (χ1n) is 10.1. The van der Waals surface area contributed by atoms with Crippen LogP contribution in [0.3, 0.4) is 0 Å². The van der Waals surface area contributed by atoms with Crippen molar-refractivity contribution in [2.75, 3.05) is 16.0 Å². The molecule has 1 aliphatic rings. The lowest BCUT2D eigenvalue weighted by atomic mass is 9.92. The van der Waals surface area contributed by atoms with Gasteiger partial charge in [-0.2, -0.15) is 4.98 Å². The highest BCUT2D eigenvalue weighted by atomic mass is 16.2. The number of nitrogens with one attached hydrogen (secondary N) is 4. The number of para-hydroxylation sites is 1. The SMILES string of the molecule is O=C1CC(C(=O)Nc2cccc3ccccc23)c2c(nc(Nc3ccccc3)[nH]c2=O)N1. The van der Waals surface area contributed by atoms with E-state index >= 15 is 0 Å². The Hall–Kier alpha value is -4.46. The molecule has 8 nitrogen and oxygen atoms in total. The molecule has 2 amide bonds. The fourth-order valence-corrected chi connectivity index (χ4v) is 3.87. The third-order valence-electron chi connectivity index (χ3n) is 5.35. The summed E-state index contributed by atoms with van der Waals surface area (Å²) in [5, 5.41) is 10.3. The first-order chi connectivity index (χ1) is 15.6. The van der Waals surface area contributed by atoms with Crippen molar-refractivity contribution in [2.45, 2.75) is 12.3 Å². The van der Waals surface area contributed by atoms with Gasteiger partial charge in [-0.3, -0.25) is 19.4 Å². The number of rotatable bonds is 4. The van der Waals surface area contributed by atoms with Crippen molar-refractivity contribution in [3.05, 3.63) is 88.7 Å². The van der Waals surface area contributed by atoms with Gasteiger partial charge in [0.2, 0.25) is 17.8 Å². The first-order valence-corrected chi connectivity index (χ1v) is 10.1. The van der Waals surface area contributed by atoms with Gasteiger partial charge in [0.05, 0.1) is 11.5 Å². The lowest BCUT2D eigenvalue weighted by Crippen LogP contribution is -2.36. The van der Waals surface area contributed by atoms with Crippen LogP contribution in [0, 0.1) is 0 Å². The lowest BCUT2D eigenvalue weighted by Gasteiger charge is -2.24. The van der Waals surface area contributed by atoms with Crippen LogP contribution in [0.1, 0.15) is 17.9 Å². The minimum absolute atomic E-state index is 0.0847. The van der Waals surface area contributed by atoms with E-state index in [1.54, 1.807) is 6.07 Å². The van der Waals surface area contributed by atoms with Crippen molar-refractivity contribution in [1.29, 1.82) is 0 Å². The van der Waals surface area contributed by atoms with Crippen molar-refractivity contribution >= 4 is 45.7 Å². The van der Waals surface area contributed by atoms with E-state index in [0.29, 0.717) is 5.69 Å². The number of amides is 2. The summed E-state index contributed by atoms with van der Waals surface area (Å²) < 4.78 is 0. The third-order valence-corrected chi connectivity index (χ3v) is 5.35. The summed E-state index contributed by atoms with van der Waals surface area (Å²) in [4.78, 5) is 45.4. The number of fused-ring (bicyclic) bond motifs is 2. The molecule has 0 aliphatic carbocycles. The minimum Gasteiger partial charge on any atom is -0.326 e. The molecule has 0 saturated carbocycles. The van der Waals surface area contributed by atoms with Gasteiger partial charge in [-0.1, -0.05) is 54.6 Å². The molecular weight excluding hydrogens is 406 g/mol. The van der Waals surface area contributed by atoms with Crippen LogP contribution >= 0.6 is 0 Å². The van der Waals surface area contributed by atoms with Gasteiger partial charge in [0.15, 0.2) is 0 Å². The van der Waals surface area contributed by atoms with Crippen molar-refractivity contribution in [3.8, 4) is 0 Å². The molecule has 4 aromatic rings. The van der Waals surface area contributed by atoms with Crippen LogP contribution in [0.2, 0.25) is 0 Å². The molecule has 1 aromatic heterocycles. The van der Waals surface area contributed by atoms with E-state index < -0.39 is 17.4 Å². The lowest BCUT2D eigenvalue weighted by molar-refractivity contribution is -0.123. The Kier molecular flexibility index (Phi) is 4.87. The first kappa shape index (κ1) is 19.5. The molecule has 0 fully saturated rings. The quantitative estimate of drug-likeness (QED) is 0.398. The van der Waals surface area contributed by atoms with Crippen LogP contribution in [0.25, 0.3) is 10.8 Å². The van der Waals surface area contributed by atoms with Gasteiger partial charge in [-0.25, -0.2) is 0 Å². The smallest absolute Gasteiger partial charge is 0.258 e. The number of benzene rings is 3. The Morgan fingerprint density at radius 1 is 0.938 bits per heavy atom. The van der Waals surface area contributed by atoms with Gasteiger partial charge in [-0.05, 0) is 23.6 Å². The third kappa shape index (κ3) is 3.69. The maximum absolute atomic E-state index is 13.2. The highest BCUT2D eigenvalue weighted by Gasteiger charge is 2.35. The van der Waals surface area contributed by atoms with E-state index in [-0.39, 0.29) is 29.7 Å². The van der Waals surface area contributed by atoms with Crippen LogP contribution in [-0.2, 0) is 9.59 Å². The molecule has 1 unspecified atom stereocenters. The molecule has 4 N–H and O–H groups in total. The maximum atomic E-state index is 13.2. The van der Waals surface area contributed by atoms with Crippen LogP contribution in [-0.4, -0.2) is 21.8 Å². The number of hydrogen-bond acceptors (Lipinski definition) is 5. The second-order valence-electron chi connectivity index (χ2n) is 7.49. The Balaban J connectivity index is 1.48. The number of aromatic nitrogens is 2.